The molecule has 1 aliphatic heterocycles. The molecule has 0 N–H and O–H groups in total. The van der Waals surface area contributed by atoms with E-state index in [9.17, 15) is 4.79 Å². The lowest BCUT2D eigenvalue weighted by molar-refractivity contribution is 0.0716. The zero-order chi connectivity index (χ0) is 19.1. The van der Waals surface area contributed by atoms with Gasteiger partial charge >= 0.3 is 0 Å². The van der Waals surface area contributed by atoms with E-state index in [1.54, 1.807) is 0 Å². The van der Waals surface area contributed by atoms with E-state index in [4.69, 9.17) is 4.98 Å². The van der Waals surface area contributed by atoms with Gasteiger partial charge in [-0.15, -0.1) is 0 Å². The molecule has 5 rings (SSSR count). The number of amides is 1. The van der Waals surface area contributed by atoms with Gasteiger partial charge in [-0.05, 0) is 24.1 Å². The monoisotopic (exact) mass is 364 g/mol. The van der Waals surface area contributed by atoms with Gasteiger partial charge in [0.25, 0.3) is 5.91 Å². The first kappa shape index (κ1) is 16.7. The van der Waals surface area contributed by atoms with Crippen LogP contribution in [0.2, 0.25) is 0 Å². The third-order valence-corrected chi connectivity index (χ3v) is 5.57. The van der Waals surface area contributed by atoms with Crippen LogP contribution in [0.1, 0.15) is 34.6 Å². The van der Waals surface area contributed by atoms with Crippen LogP contribution in [0.4, 0.5) is 0 Å². The SMILES string of the molecule is CC(c1ccccc1)N1Cc2nc3ccccc3c(-c3ccccc3)c2C1=O. The number of carbonyl (C=O) groups is 1. The molecular formula is C25H20N2O. The van der Waals surface area contributed by atoms with Crippen LogP contribution >= 0.6 is 0 Å². The third-order valence-electron chi connectivity index (χ3n) is 5.57. The second kappa shape index (κ2) is 6.61. The molecule has 3 aromatic carbocycles. The maximum atomic E-state index is 13.5. The fourth-order valence-electron chi connectivity index (χ4n) is 4.11. The van der Waals surface area contributed by atoms with E-state index in [2.05, 4.69) is 37.3 Å². The number of rotatable bonds is 3. The average molecular weight is 364 g/mol. The maximum absolute atomic E-state index is 13.5. The molecule has 0 spiro atoms. The highest BCUT2D eigenvalue weighted by Gasteiger charge is 2.35. The molecule has 1 unspecified atom stereocenters. The van der Waals surface area contributed by atoms with Gasteiger partial charge < -0.3 is 4.90 Å². The topological polar surface area (TPSA) is 33.2 Å². The van der Waals surface area contributed by atoms with Crippen LogP contribution in [0.25, 0.3) is 22.0 Å². The molecule has 2 heterocycles. The number of pyridine rings is 1. The van der Waals surface area contributed by atoms with E-state index in [0.717, 1.165) is 38.9 Å². The molecule has 28 heavy (non-hydrogen) atoms. The lowest BCUT2D eigenvalue weighted by atomic mass is 9.95. The van der Waals surface area contributed by atoms with Gasteiger partial charge in [-0.3, -0.25) is 9.78 Å². The number of hydrogen-bond donors (Lipinski definition) is 0. The van der Waals surface area contributed by atoms with E-state index < -0.39 is 0 Å². The van der Waals surface area contributed by atoms with E-state index in [1.807, 2.05) is 59.5 Å². The molecule has 1 atom stereocenters. The molecular weight excluding hydrogens is 344 g/mol. The summed E-state index contributed by atoms with van der Waals surface area (Å²) >= 11 is 0. The highest BCUT2D eigenvalue weighted by Crippen LogP contribution is 2.39. The van der Waals surface area contributed by atoms with Crippen molar-refractivity contribution in [2.75, 3.05) is 0 Å². The van der Waals surface area contributed by atoms with Gasteiger partial charge in [0.2, 0.25) is 0 Å². The first-order valence-corrected chi connectivity index (χ1v) is 9.57. The predicted octanol–water partition coefficient (Wildman–Crippen LogP) is 5.62. The number of nitrogens with zero attached hydrogens (tertiary/aromatic N) is 2. The molecule has 0 bridgehead atoms. The van der Waals surface area contributed by atoms with Crippen LogP contribution in [0.15, 0.2) is 84.9 Å². The van der Waals surface area contributed by atoms with E-state index in [0.29, 0.717) is 6.54 Å². The zero-order valence-electron chi connectivity index (χ0n) is 15.7. The van der Waals surface area contributed by atoms with E-state index >= 15 is 0 Å². The Balaban J connectivity index is 1.70. The van der Waals surface area contributed by atoms with Crippen LogP contribution in [0, 0.1) is 0 Å². The summed E-state index contributed by atoms with van der Waals surface area (Å²) in [6.45, 7) is 2.62. The van der Waals surface area contributed by atoms with Crippen LogP contribution in [0.3, 0.4) is 0 Å². The van der Waals surface area contributed by atoms with Crippen molar-refractivity contribution in [3.8, 4) is 11.1 Å². The molecule has 0 radical (unpaired) electrons. The minimum atomic E-state index is -0.00497. The van der Waals surface area contributed by atoms with Gasteiger partial charge in [-0.2, -0.15) is 0 Å². The lowest BCUT2D eigenvalue weighted by Crippen LogP contribution is -2.27. The Morgan fingerprint density at radius 1 is 0.821 bits per heavy atom. The van der Waals surface area contributed by atoms with Crippen molar-refractivity contribution in [1.29, 1.82) is 0 Å². The van der Waals surface area contributed by atoms with Gasteiger partial charge in [0.15, 0.2) is 0 Å². The number of hydrogen-bond acceptors (Lipinski definition) is 2. The van der Waals surface area contributed by atoms with Crippen molar-refractivity contribution in [3.05, 3.63) is 102 Å². The summed E-state index contributed by atoms with van der Waals surface area (Å²) in [5.41, 5.74) is 5.73. The van der Waals surface area contributed by atoms with Gasteiger partial charge in [0, 0.05) is 10.9 Å². The van der Waals surface area contributed by atoms with Crippen molar-refractivity contribution >= 4 is 16.8 Å². The zero-order valence-corrected chi connectivity index (χ0v) is 15.7. The Morgan fingerprint density at radius 3 is 2.21 bits per heavy atom. The quantitative estimate of drug-likeness (QED) is 0.473. The summed E-state index contributed by atoms with van der Waals surface area (Å²) < 4.78 is 0. The Morgan fingerprint density at radius 2 is 1.46 bits per heavy atom. The molecule has 1 amide bonds. The molecule has 3 nitrogen and oxygen atoms in total. The smallest absolute Gasteiger partial charge is 0.257 e. The Kier molecular flexibility index (Phi) is 3.94. The number of para-hydroxylation sites is 1. The minimum Gasteiger partial charge on any atom is -0.326 e. The lowest BCUT2D eigenvalue weighted by Gasteiger charge is -2.24. The minimum absolute atomic E-state index is 0.00497. The van der Waals surface area contributed by atoms with Gasteiger partial charge in [0.1, 0.15) is 0 Å². The van der Waals surface area contributed by atoms with Crippen LogP contribution < -0.4 is 0 Å². The Bertz CT molecular complexity index is 1170. The molecule has 0 saturated carbocycles. The molecule has 0 aliphatic carbocycles. The molecule has 0 fully saturated rings. The summed E-state index contributed by atoms with van der Waals surface area (Å²) in [7, 11) is 0. The summed E-state index contributed by atoms with van der Waals surface area (Å²) in [6, 6.07) is 28.4. The summed E-state index contributed by atoms with van der Waals surface area (Å²) in [5.74, 6) is 0.0588. The van der Waals surface area contributed by atoms with Crippen LogP contribution in [0.5, 0.6) is 0 Å². The first-order valence-electron chi connectivity index (χ1n) is 9.57. The van der Waals surface area contributed by atoms with E-state index in [-0.39, 0.29) is 11.9 Å². The summed E-state index contributed by atoms with van der Waals surface area (Å²) in [4.78, 5) is 20.3. The Hall–Kier alpha value is -3.46. The van der Waals surface area contributed by atoms with Gasteiger partial charge in [-0.25, -0.2) is 0 Å². The average Bonchev–Trinajstić information content (AvgIpc) is 3.08. The standard InChI is InChI=1S/C25H20N2O/c1-17(18-10-4-2-5-11-18)27-16-22-24(25(27)28)23(19-12-6-3-7-13-19)20-14-8-9-15-21(20)26-22/h2-15,17H,16H2,1H3. The number of aromatic nitrogens is 1. The van der Waals surface area contributed by atoms with Crippen molar-refractivity contribution in [2.45, 2.75) is 19.5 Å². The number of carbonyl (C=O) groups excluding carboxylic acids is 1. The predicted molar refractivity (Wildman–Crippen MR) is 112 cm³/mol. The first-order chi connectivity index (χ1) is 13.7. The Labute approximate surface area is 164 Å². The summed E-state index contributed by atoms with van der Waals surface area (Å²) in [6.07, 6.45) is 0. The molecule has 4 aromatic rings. The number of benzene rings is 3. The number of fused-ring (bicyclic) bond motifs is 2. The molecule has 0 saturated heterocycles. The summed E-state index contributed by atoms with van der Waals surface area (Å²) in [5, 5.41) is 1.02. The van der Waals surface area contributed by atoms with Gasteiger partial charge in [-0.1, -0.05) is 78.9 Å². The molecule has 136 valence electrons. The third kappa shape index (κ3) is 2.59. The maximum Gasteiger partial charge on any atom is 0.257 e. The van der Waals surface area contributed by atoms with Crippen molar-refractivity contribution < 1.29 is 4.79 Å². The highest BCUT2D eigenvalue weighted by atomic mass is 16.2. The normalized spacial score (nSPS) is 14.3. The second-order valence-electron chi connectivity index (χ2n) is 7.21. The van der Waals surface area contributed by atoms with Crippen molar-refractivity contribution in [3.63, 3.8) is 0 Å². The fraction of sp³-hybridized carbons (Fsp3) is 0.120. The van der Waals surface area contributed by atoms with Crippen molar-refractivity contribution in [1.82, 2.24) is 9.88 Å². The molecule has 3 heteroatoms. The van der Waals surface area contributed by atoms with Crippen LogP contribution in [-0.4, -0.2) is 15.8 Å². The molecule has 1 aliphatic rings. The largest absolute Gasteiger partial charge is 0.326 e. The molecule has 1 aromatic heterocycles. The van der Waals surface area contributed by atoms with E-state index in [1.165, 1.54) is 0 Å². The highest BCUT2D eigenvalue weighted by molar-refractivity contribution is 6.11. The second-order valence-corrected chi connectivity index (χ2v) is 7.21. The fourth-order valence-corrected chi connectivity index (χ4v) is 4.11. The van der Waals surface area contributed by atoms with Gasteiger partial charge in [0.05, 0.1) is 29.4 Å². The van der Waals surface area contributed by atoms with Crippen molar-refractivity contribution in [2.24, 2.45) is 0 Å². The van der Waals surface area contributed by atoms with Crippen LogP contribution in [-0.2, 0) is 6.54 Å².